The summed E-state index contributed by atoms with van der Waals surface area (Å²) in [5, 5.41) is 0. The number of rotatable bonds is 2. The molecule has 1 saturated carbocycles. The third kappa shape index (κ3) is 1.92. The van der Waals surface area contributed by atoms with Gasteiger partial charge in [-0.05, 0) is 25.2 Å². The van der Waals surface area contributed by atoms with Crippen LogP contribution in [0, 0.1) is 11.8 Å². The Morgan fingerprint density at radius 3 is 2.86 bits per heavy atom. The normalized spacial score (nSPS) is 37.0. The molecule has 1 heterocycles. The Bertz CT molecular complexity index is 229. The van der Waals surface area contributed by atoms with Crippen molar-refractivity contribution in [2.45, 2.75) is 38.6 Å². The highest BCUT2D eigenvalue weighted by molar-refractivity contribution is 5.82. The summed E-state index contributed by atoms with van der Waals surface area (Å²) in [6.45, 7) is 4.14. The summed E-state index contributed by atoms with van der Waals surface area (Å²) in [4.78, 5) is 13.9. The summed E-state index contributed by atoms with van der Waals surface area (Å²) in [6.07, 6.45) is 4.57. The van der Waals surface area contributed by atoms with Gasteiger partial charge in [-0.1, -0.05) is 13.3 Å². The molecule has 3 unspecified atom stereocenters. The first-order chi connectivity index (χ1) is 6.72. The molecule has 1 aliphatic heterocycles. The van der Waals surface area contributed by atoms with Crippen molar-refractivity contribution in [3.05, 3.63) is 0 Å². The number of carbonyl (C=O) groups excluding carboxylic acids is 1. The first kappa shape index (κ1) is 9.97. The van der Waals surface area contributed by atoms with Crippen molar-refractivity contribution in [2.24, 2.45) is 17.6 Å². The maximum absolute atomic E-state index is 11.9. The van der Waals surface area contributed by atoms with E-state index in [1.807, 2.05) is 4.90 Å². The number of hydrogen-bond donors (Lipinski definition) is 1. The van der Waals surface area contributed by atoms with Crippen LogP contribution in [0.5, 0.6) is 0 Å². The van der Waals surface area contributed by atoms with Crippen molar-refractivity contribution in [3.8, 4) is 0 Å². The molecule has 2 aliphatic rings. The number of likely N-dealkylation sites (tertiary alicyclic amines) is 1. The number of nitrogens with two attached hydrogens (primary N) is 1. The Morgan fingerprint density at radius 2 is 2.29 bits per heavy atom. The van der Waals surface area contributed by atoms with Crippen LogP contribution in [-0.4, -0.2) is 29.9 Å². The average Bonchev–Trinajstić information content (AvgIpc) is 2.94. The summed E-state index contributed by atoms with van der Waals surface area (Å²) >= 11 is 0. The van der Waals surface area contributed by atoms with Crippen molar-refractivity contribution < 1.29 is 4.79 Å². The summed E-state index contributed by atoms with van der Waals surface area (Å²) in [7, 11) is 0. The lowest BCUT2D eigenvalue weighted by Crippen LogP contribution is -2.41. The molecule has 3 nitrogen and oxygen atoms in total. The average molecular weight is 196 g/mol. The van der Waals surface area contributed by atoms with E-state index < -0.39 is 0 Å². The zero-order chi connectivity index (χ0) is 10.1. The molecule has 0 aromatic carbocycles. The number of nitrogens with zero attached hydrogens (tertiary/aromatic N) is 1. The van der Waals surface area contributed by atoms with Crippen LogP contribution >= 0.6 is 0 Å². The van der Waals surface area contributed by atoms with E-state index in [0.717, 1.165) is 25.4 Å². The Hall–Kier alpha value is -0.570. The largest absolute Gasteiger partial charge is 0.342 e. The maximum Gasteiger partial charge on any atom is 0.227 e. The van der Waals surface area contributed by atoms with Crippen molar-refractivity contribution >= 4 is 5.91 Å². The highest BCUT2D eigenvalue weighted by Crippen LogP contribution is 2.31. The van der Waals surface area contributed by atoms with Gasteiger partial charge in [0.05, 0.1) is 5.92 Å². The van der Waals surface area contributed by atoms with E-state index in [2.05, 4.69) is 6.92 Å². The van der Waals surface area contributed by atoms with Crippen LogP contribution in [0.15, 0.2) is 0 Å². The van der Waals surface area contributed by atoms with Crippen molar-refractivity contribution in [1.82, 2.24) is 4.90 Å². The van der Waals surface area contributed by atoms with Crippen LogP contribution in [0.2, 0.25) is 0 Å². The monoisotopic (exact) mass is 196 g/mol. The van der Waals surface area contributed by atoms with Gasteiger partial charge in [0.25, 0.3) is 0 Å². The van der Waals surface area contributed by atoms with Crippen LogP contribution in [0.25, 0.3) is 0 Å². The fourth-order valence-corrected chi connectivity index (χ4v) is 2.33. The van der Waals surface area contributed by atoms with E-state index >= 15 is 0 Å². The zero-order valence-corrected chi connectivity index (χ0v) is 8.91. The quantitative estimate of drug-likeness (QED) is 0.715. The van der Waals surface area contributed by atoms with Crippen LogP contribution in [0.4, 0.5) is 0 Å². The Kier molecular flexibility index (Phi) is 2.77. The van der Waals surface area contributed by atoms with E-state index in [1.165, 1.54) is 19.3 Å². The van der Waals surface area contributed by atoms with E-state index in [1.54, 1.807) is 0 Å². The van der Waals surface area contributed by atoms with Crippen molar-refractivity contribution in [2.75, 3.05) is 13.1 Å². The topological polar surface area (TPSA) is 46.3 Å². The summed E-state index contributed by atoms with van der Waals surface area (Å²) in [5.41, 5.74) is 5.69. The number of amides is 1. The molecule has 2 fully saturated rings. The molecule has 1 amide bonds. The molecule has 1 saturated heterocycles. The minimum Gasteiger partial charge on any atom is -0.342 e. The lowest BCUT2D eigenvalue weighted by molar-refractivity contribution is -0.134. The third-order valence-corrected chi connectivity index (χ3v) is 3.57. The van der Waals surface area contributed by atoms with Crippen molar-refractivity contribution in [3.63, 3.8) is 0 Å². The fourth-order valence-electron chi connectivity index (χ4n) is 2.33. The molecule has 3 atom stereocenters. The predicted octanol–water partition coefficient (Wildman–Crippen LogP) is 0.982. The summed E-state index contributed by atoms with van der Waals surface area (Å²) in [5.74, 6) is 1.20. The molecule has 80 valence electrons. The second kappa shape index (κ2) is 3.89. The van der Waals surface area contributed by atoms with E-state index in [9.17, 15) is 4.79 Å². The van der Waals surface area contributed by atoms with Gasteiger partial charge in [-0.2, -0.15) is 0 Å². The van der Waals surface area contributed by atoms with Crippen molar-refractivity contribution in [1.29, 1.82) is 0 Å². The molecule has 1 aliphatic carbocycles. The van der Waals surface area contributed by atoms with Crippen LogP contribution in [-0.2, 0) is 4.79 Å². The Morgan fingerprint density at radius 1 is 1.57 bits per heavy atom. The van der Waals surface area contributed by atoms with Crippen LogP contribution in [0.3, 0.4) is 0 Å². The van der Waals surface area contributed by atoms with Crippen LogP contribution < -0.4 is 5.73 Å². The summed E-state index contributed by atoms with van der Waals surface area (Å²) in [6, 6.07) is 0.157. The minimum atomic E-state index is 0.157. The van der Waals surface area contributed by atoms with Gasteiger partial charge in [-0.15, -0.1) is 0 Å². The lowest BCUT2D eigenvalue weighted by Gasteiger charge is -2.32. The molecule has 0 spiro atoms. The molecular formula is C11H20N2O. The molecule has 0 radical (unpaired) electrons. The van der Waals surface area contributed by atoms with E-state index in [0.29, 0.717) is 5.91 Å². The molecular weight excluding hydrogens is 176 g/mol. The molecule has 2 N–H and O–H groups in total. The first-order valence-corrected chi connectivity index (χ1v) is 5.76. The molecule has 2 rings (SSSR count). The van der Waals surface area contributed by atoms with E-state index in [-0.39, 0.29) is 12.0 Å². The predicted molar refractivity (Wildman–Crippen MR) is 55.7 cm³/mol. The fraction of sp³-hybridized carbons (Fsp3) is 0.909. The molecule has 0 bridgehead atoms. The SMILES string of the molecule is CCC1CCCN(C(=O)C2CC2N)C1. The molecule has 0 aromatic heterocycles. The summed E-state index contributed by atoms with van der Waals surface area (Å²) < 4.78 is 0. The smallest absolute Gasteiger partial charge is 0.227 e. The van der Waals surface area contributed by atoms with Gasteiger partial charge in [0, 0.05) is 19.1 Å². The van der Waals surface area contributed by atoms with Gasteiger partial charge >= 0.3 is 0 Å². The van der Waals surface area contributed by atoms with Gasteiger partial charge in [0.15, 0.2) is 0 Å². The maximum atomic E-state index is 11.9. The molecule has 3 heteroatoms. The first-order valence-electron chi connectivity index (χ1n) is 5.76. The highest BCUT2D eigenvalue weighted by Gasteiger charge is 2.42. The highest BCUT2D eigenvalue weighted by atomic mass is 16.2. The van der Waals surface area contributed by atoms with Gasteiger partial charge in [0.2, 0.25) is 5.91 Å². The van der Waals surface area contributed by atoms with Crippen LogP contribution in [0.1, 0.15) is 32.6 Å². The van der Waals surface area contributed by atoms with Gasteiger partial charge < -0.3 is 10.6 Å². The molecule has 14 heavy (non-hydrogen) atoms. The number of hydrogen-bond acceptors (Lipinski definition) is 2. The Balaban J connectivity index is 1.87. The minimum absolute atomic E-state index is 0.157. The standard InChI is InChI=1S/C11H20N2O/c1-2-8-4-3-5-13(7-8)11(14)9-6-10(9)12/h8-10H,2-7,12H2,1H3. The zero-order valence-electron chi connectivity index (χ0n) is 8.91. The number of piperidine rings is 1. The number of carbonyl (C=O) groups is 1. The second-order valence-electron chi connectivity index (χ2n) is 4.71. The molecule has 0 aromatic rings. The van der Waals surface area contributed by atoms with Gasteiger partial charge in [-0.25, -0.2) is 0 Å². The van der Waals surface area contributed by atoms with Gasteiger partial charge in [-0.3, -0.25) is 4.79 Å². The van der Waals surface area contributed by atoms with Gasteiger partial charge in [0.1, 0.15) is 0 Å². The van der Waals surface area contributed by atoms with E-state index in [4.69, 9.17) is 5.73 Å². The Labute approximate surface area is 85.6 Å². The third-order valence-electron chi connectivity index (χ3n) is 3.57. The second-order valence-corrected chi connectivity index (χ2v) is 4.71. The lowest BCUT2D eigenvalue weighted by atomic mass is 9.95.